The summed E-state index contributed by atoms with van der Waals surface area (Å²) in [5.41, 5.74) is 0. The number of aliphatic hydroxyl groups excluding tert-OH is 1. The van der Waals surface area contributed by atoms with Gasteiger partial charge in [0, 0.05) is 26.1 Å². The molecular weight excluding hydrogens is 308 g/mol. The van der Waals surface area contributed by atoms with Gasteiger partial charge < -0.3 is 10.4 Å². The lowest BCUT2D eigenvalue weighted by Gasteiger charge is -2.05. The molecule has 0 aliphatic rings. The lowest BCUT2D eigenvalue weighted by atomic mass is 10.1. The van der Waals surface area contributed by atoms with E-state index in [1.807, 2.05) is 20.1 Å². The van der Waals surface area contributed by atoms with Gasteiger partial charge in [0.15, 0.2) is 0 Å². The van der Waals surface area contributed by atoms with Crippen LogP contribution in [0.2, 0.25) is 0 Å². The molecule has 5 heteroatoms. The molecule has 0 saturated heterocycles. The first-order valence-electron chi connectivity index (χ1n) is 9.44. The van der Waals surface area contributed by atoms with Gasteiger partial charge in [-0.1, -0.05) is 70.7 Å². The topological polar surface area (TPSA) is 61.4 Å². The Morgan fingerprint density at radius 2 is 1.35 bits per heavy atom. The average molecular weight is 349 g/mol. The highest BCUT2D eigenvalue weighted by molar-refractivity contribution is 7.96. The SMILES string of the molecule is CC.CSNCCCC(=O)NCCCCCCCCCCCO. The number of nitrogens with one attached hydrogen (secondary N) is 2. The first kappa shape index (κ1) is 25.0. The summed E-state index contributed by atoms with van der Waals surface area (Å²) in [6, 6.07) is 0. The Morgan fingerprint density at radius 1 is 0.826 bits per heavy atom. The van der Waals surface area contributed by atoms with Crippen LogP contribution in [0.1, 0.15) is 84.5 Å². The highest BCUT2D eigenvalue weighted by Crippen LogP contribution is 2.09. The predicted octanol–water partition coefficient (Wildman–Crippen LogP) is 4.28. The molecule has 140 valence electrons. The van der Waals surface area contributed by atoms with E-state index in [1.165, 1.54) is 38.5 Å². The highest BCUT2D eigenvalue weighted by atomic mass is 32.2. The van der Waals surface area contributed by atoms with E-state index in [1.54, 1.807) is 11.9 Å². The fourth-order valence-electron chi connectivity index (χ4n) is 2.21. The second kappa shape index (κ2) is 24.0. The fourth-order valence-corrected chi connectivity index (χ4v) is 2.56. The van der Waals surface area contributed by atoms with Gasteiger partial charge in [0.05, 0.1) is 0 Å². The molecule has 0 radical (unpaired) electrons. The van der Waals surface area contributed by atoms with Crippen LogP contribution in [-0.2, 0) is 4.79 Å². The predicted molar refractivity (Wildman–Crippen MR) is 104 cm³/mol. The van der Waals surface area contributed by atoms with Gasteiger partial charge in [0.1, 0.15) is 0 Å². The summed E-state index contributed by atoms with van der Waals surface area (Å²) in [5, 5.41) is 11.7. The minimum absolute atomic E-state index is 0.182. The summed E-state index contributed by atoms with van der Waals surface area (Å²) >= 11 is 1.60. The molecule has 0 saturated carbocycles. The number of hydrogen-bond acceptors (Lipinski definition) is 4. The maximum absolute atomic E-state index is 11.5. The molecule has 0 atom stereocenters. The number of amides is 1. The van der Waals surface area contributed by atoms with Gasteiger partial charge in [0.2, 0.25) is 5.91 Å². The van der Waals surface area contributed by atoms with Crippen molar-refractivity contribution in [2.45, 2.75) is 84.5 Å². The zero-order valence-electron chi connectivity index (χ0n) is 15.7. The van der Waals surface area contributed by atoms with Crippen molar-refractivity contribution in [2.24, 2.45) is 0 Å². The van der Waals surface area contributed by atoms with Gasteiger partial charge in [0.25, 0.3) is 0 Å². The Hall–Kier alpha value is -0.260. The van der Waals surface area contributed by atoms with Gasteiger partial charge in [-0.05, 0) is 25.5 Å². The molecule has 0 unspecified atom stereocenters. The number of carbonyl (C=O) groups excluding carboxylic acids is 1. The van der Waals surface area contributed by atoms with Crippen molar-refractivity contribution < 1.29 is 9.90 Å². The number of carbonyl (C=O) groups is 1. The van der Waals surface area contributed by atoms with E-state index in [9.17, 15) is 4.79 Å². The van der Waals surface area contributed by atoms with Crippen LogP contribution in [0.5, 0.6) is 0 Å². The summed E-state index contributed by atoms with van der Waals surface area (Å²) in [4.78, 5) is 11.5. The molecule has 0 spiro atoms. The monoisotopic (exact) mass is 348 g/mol. The summed E-state index contributed by atoms with van der Waals surface area (Å²) in [5.74, 6) is 0.182. The second-order valence-corrected chi connectivity index (χ2v) is 6.15. The molecule has 0 aliphatic heterocycles. The van der Waals surface area contributed by atoms with Gasteiger partial charge in [-0.3, -0.25) is 9.52 Å². The second-order valence-electron chi connectivity index (χ2n) is 5.46. The normalized spacial score (nSPS) is 10.1. The van der Waals surface area contributed by atoms with Crippen molar-refractivity contribution in [1.82, 2.24) is 10.0 Å². The minimum Gasteiger partial charge on any atom is -0.396 e. The molecule has 0 aromatic heterocycles. The highest BCUT2D eigenvalue weighted by Gasteiger charge is 1.99. The zero-order chi connectivity index (χ0) is 17.6. The van der Waals surface area contributed by atoms with Crippen molar-refractivity contribution in [3.63, 3.8) is 0 Å². The van der Waals surface area contributed by atoms with Gasteiger partial charge >= 0.3 is 0 Å². The van der Waals surface area contributed by atoms with Crippen LogP contribution in [0.4, 0.5) is 0 Å². The third kappa shape index (κ3) is 24.1. The molecule has 0 heterocycles. The van der Waals surface area contributed by atoms with E-state index in [2.05, 4.69) is 10.0 Å². The van der Waals surface area contributed by atoms with Crippen molar-refractivity contribution in [3.05, 3.63) is 0 Å². The van der Waals surface area contributed by atoms with E-state index in [4.69, 9.17) is 5.11 Å². The third-order valence-corrected chi connectivity index (χ3v) is 3.98. The first-order chi connectivity index (χ1) is 11.3. The van der Waals surface area contributed by atoms with E-state index >= 15 is 0 Å². The van der Waals surface area contributed by atoms with Crippen LogP contribution in [0, 0.1) is 0 Å². The molecule has 0 rings (SSSR count). The quantitative estimate of drug-likeness (QED) is 0.288. The molecule has 23 heavy (non-hydrogen) atoms. The molecule has 0 aromatic carbocycles. The summed E-state index contributed by atoms with van der Waals surface area (Å²) in [6.07, 6.45) is 14.4. The van der Waals surface area contributed by atoms with Gasteiger partial charge in [-0.15, -0.1) is 0 Å². The number of unbranched alkanes of at least 4 members (excludes halogenated alkanes) is 8. The molecule has 0 fully saturated rings. The molecule has 3 N–H and O–H groups in total. The Balaban J connectivity index is 0. The van der Waals surface area contributed by atoms with Crippen molar-refractivity contribution >= 4 is 17.9 Å². The first-order valence-corrected chi connectivity index (χ1v) is 10.7. The Labute approximate surface area is 148 Å². The largest absolute Gasteiger partial charge is 0.396 e. The van der Waals surface area contributed by atoms with E-state index in [0.717, 1.165) is 38.8 Å². The zero-order valence-corrected chi connectivity index (χ0v) is 16.5. The maximum Gasteiger partial charge on any atom is 0.220 e. The van der Waals surface area contributed by atoms with Crippen LogP contribution in [0.3, 0.4) is 0 Å². The van der Waals surface area contributed by atoms with Crippen molar-refractivity contribution in [2.75, 3.05) is 26.0 Å². The molecule has 0 aromatic rings. The standard InChI is InChI=1S/C16H34N2O2S.C2H6/c1-21-18-14-11-12-16(20)17-13-9-7-5-3-2-4-6-8-10-15-19;1-2/h18-19H,2-15H2,1H3,(H,17,20);1-2H3. The lowest BCUT2D eigenvalue weighted by molar-refractivity contribution is -0.121. The molecular formula is C18H40N2O2S. The van der Waals surface area contributed by atoms with Crippen LogP contribution in [0.15, 0.2) is 0 Å². The maximum atomic E-state index is 11.5. The van der Waals surface area contributed by atoms with Crippen LogP contribution < -0.4 is 10.0 Å². The number of aliphatic hydroxyl groups is 1. The number of rotatable bonds is 16. The van der Waals surface area contributed by atoms with Crippen LogP contribution in [0.25, 0.3) is 0 Å². The number of hydrogen-bond donors (Lipinski definition) is 3. The van der Waals surface area contributed by atoms with Gasteiger partial charge in [-0.2, -0.15) is 0 Å². The summed E-state index contributed by atoms with van der Waals surface area (Å²) in [6.45, 7) is 6.05. The van der Waals surface area contributed by atoms with E-state index < -0.39 is 0 Å². The third-order valence-electron chi connectivity index (χ3n) is 3.48. The van der Waals surface area contributed by atoms with E-state index in [0.29, 0.717) is 13.0 Å². The summed E-state index contributed by atoms with van der Waals surface area (Å²) < 4.78 is 3.14. The van der Waals surface area contributed by atoms with Gasteiger partial charge in [-0.25, -0.2) is 0 Å². The van der Waals surface area contributed by atoms with Crippen LogP contribution >= 0.6 is 11.9 Å². The average Bonchev–Trinajstić information content (AvgIpc) is 2.58. The minimum atomic E-state index is 0.182. The smallest absolute Gasteiger partial charge is 0.220 e. The Bertz CT molecular complexity index is 229. The Kier molecular flexibility index (Phi) is 26.1. The molecule has 4 nitrogen and oxygen atoms in total. The van der Waals surface area contributed by atoms with Crippen molar-refractivity contribution in [1.29, 1.82) is 0 Å². The Morgan fingerprint density at radius 3 is 1.87 bits per heavy atom. The lowest BCUT2D eigenvalue weighted by Crippen LogP contribution is -2.24. The van der Waals surface area contributed by atoms with Crippen molar-refractivity contribution in [3.8, 4) is 0 Å². The molecule has 0 bridgehead atoms. The van der Waals surface area contributed by atoms with Crippen LogP contribution in [-0.4, -0.2) is 37.0 Å². The van der Waals surface area contributed by atoms with E-state index in [-0.39, 0.29) is 5.91 Å². The summed E-state index contributed by atoms with van der Waals surface area (Å²) in [7, 11) is 0. The fraction of sp³-hybridized carbons (Fsp3) is 0.944. The molecule has 1 amide bonds. The molecule has 0 aliphatic carbocycles.